The lowest BCUT2D eigenvalue weighted by molar-refractivity contribution is 0.410. The minimum atomic E-state index is -0.327. The molecule has 0 amide bonds. The Balaban J connectivity index is 1.14. The number of amidine groups is 1. The molecule has 2 unspecified atom stereocenters. The number of fused-ring (bicyclic) bond motifs is 6. The first kappa shape index (κ1) is 28.6. The first-order valence-corrected chi connectivity index (χ1v) is 17.0. The second-order valence-corrected chi connectivity index (χ2v) is 12.8. The summed E-state index contributed by atoms with van der Waals surface area (Å²) in [6.45, 7) is 0. The van der Waals surface area contributed by atoms with Crippen molar-refractivity contribution in [3.05, 3.63) is 187 Å². The smallest absolute Gasteiger partial charge is 0.159 e. The normalized spacial score (nSPS) is 16.2. The van der Waals surface area contributed by atoms with Gasteiger partial charge in [0.15, 0.2) is 5.58 Å². The number of rotatable bonds is 5. The molecule has 5 nitrogen and oxygen atoms in total. The third kappa shape index (κ3) is 4.63. The van der Waals surface area contributed by atoms with Gasteiger partial charge in [-0.05, 0) is 41.0 Å². The number of para-hydroxylation sites is 3. The van der Waals surface area contributed by atoms with Gasteiger partial charge < -0.3 is 14.3 Å². The van der Waals surface area contributed by atoms with E-state index in [1.807, 2.05) is 12.1 Å². The van der Waals surface area contributed by atoms with Gasteiger partial charge in [0.05, 0.1) is 16.7 Å². The molecule has 5 heteroatoms. The standard InChI is InChI=1S/C45H32N4O/c1-3-13-29(14-4-1)30-25-27-32(28-26-30)44-46-43(31-15-5-2-6-16-31)47-45(48-44)36-20-12-24-40-41(36)35-19-11-23-39(42(35)50-40)49-37-21-9-7-17-33(37)34-18-8-10-22-38(34)49/h1-28,43,45,47H,(H,46,48). The van der Waals surface area contributed by atoms with Crippen LogP contribution in [0.25, 0.3) is 60.6 Å². The van der Waals surface area contributed by atoms with Gasteiger partial charge in [0.25, 0.3) is 0 Å². The van der Waals surface area contributed by atoms with Crippen LogP contribution < -0.4 is 10.6 Å². The fraction of sp³-hybridized carbons (Fsp3) is 0.0444. The lowest BCUT2D eigenvalue weighted by Gasteiger charge is -2.32. The maximum Gasteiger partial charge on any atom is 0.159 e. The van der Waals surface area contributed by atoms with E-state index in [9.17, 15) is 0 Å². The molecule has 7 aromatic carbocycles. The molecule has 2 aromatic heterocycles. The number of benzene rings is 7. The lowest BCUT2D eigenvalue weighted by atomic mass is 10.0. The van der Waals surface area contributed by atoms with E-state index in [1.165, 1.54) is 21.9 Å². The molecule has 0 saturated heterocycles. The molecule has 3 heterocycles. The molecule has 2 atom stereocenters. The third-order valence-corrected chi connectivity index (χ3v) is 9.91. The fourth-order valence-corrected chi connectivity index (χ4v) is 7.58. The summed E-state index contributed by atoms with van der Waals surface area (Å²) >= 11 is 0. The average Bonchev–Trinajstić information content (AvgIpc) is 3.75. The van der Waals surface area contributed by atoms with E-state index in [0.717, 1.165) is 61.2 Å². The zero-order chi connectivity index (χ0) is 33.0. The summed E-state index contributed by atoms with van der Waals surface area (Å²) in [6, 6.07) is 59.6. The van der Waals surface area contributed by atoms with Gasteiger partial charge in [0.1, 0.15) is 23.8 Å². The number of aliphatic imine (C=N–C) groups is 1. The summed E-state index contributed by atoms with van der Waals surface area (Å²) in [7, 11) is 0. The Morgan fingerprint density at radius 1 is 0.520 bits per heavy atom. The van der Waals surface area contributed by atoms with Crippen molar-refractivity contribution in [3.63, 3.8) is 0 Å². The molecule has 0 fully saturated rings. The Bertz CT molecular complexity index is 2650. The van der Waals surface area contributed by atoms with E-state index in [0.29, 0.717) is 0 Å². The summed E-state index contributed by atoms with van der Waals surface area (Å²) < 4.78 is 9.13. The average molecular weight is 645 g/mol. The van der Waals surface area contributed by atoms with E-state index in [2.05, 4.69) is 173 Å². The van der Waals surface area contributed by atoms with Gasteiger partial charge >= 0.3 is 0 Å². The van der Waals surface area contributed by atoms with Crippen molar-refractivity contribution in [2.45, 2.75) is 12.3 Å². The maximum atomic E-state index is 6.80. The Kier molecular flexibility index (Phi) is 6.64. The predicted octanol–water partition coefficient (Wildman–Crippen LogP) is 10.7. The van der Waals surface area contributed by atoms with Crippen LogP contribution >= 0.6 is 0 Å². The van der Waals surface area contributed by atoms with E-state index in [1.54, 1.807) is 0 Å². The van der Waals surface area contributed by atoms with Crippen LogP contribution in [0, 0.1) is 0 Å². The number of nitrogens with zero attached hydrogens (tertiary/aromatic N) is 2. The van der Waals surface area contributed by atoms with Crippen LogP contribution in [0.4, 0.5) is 0 Å². The van der Waals surface area contributed by atoms with Crippen LogP contribution in [0.5, 0.6) is 0 Å². The highest BCUT2D eigenvalue weighted by Gasteiger charge is 2.28. The van der Waals surface area contributed by atoms with Crippen LogP contribution in [0.3, 0.4) is 0 Å². The summed E-state index contributed by atoms with van der Waals surface area (Å²) in [5, 5.41) is 12.1. The van der Waals surface area contributed by atoms with Crippen LogP contribution in [0.1, 0.15) is 29.0 Å². The number of hydrogen-bond donors (Lipinski definition) is 2. The molecule has 50 heavy (non-hydrogen) atoms. The van der Waals surface area contributed by atoms with Crippen molar-refractivity contribution in [2.24, 2.45) is 4.99 Å². The molecule has 10 rings (SSSR count). The third-order valence-electron chi connectivity index (χ3n) is 9.91. The highest BCUT2D eigenvalue weighted by molar-refractivity contribution is 6.13. The van der Waals surface area contributed by atoms with E-state index < -0.39 is 0 Å². The highest BCUT2D eigenvalue weighted by atomic mass is 16.3. The topological polar surface area (TPSA) is 54.5 Å². The molecule has 0 radical (unpaired) electrons. The number of nitrogens with one attached hydrogen (secondary N) is 2. The van der Waals surface area contributed by atoms with Crippen LogP contribution in [-0.2, 0) is 0 Å². The zero-order valence-electron chi connectivity index (χ0n) is 27.1. The van der Waals surface area contributed by atoms with Crippen molar-refractivity contribution in [3.8, 4) is 16.8 Å². The van der Waals surface area contributed by atoms with Gasteiger partial charge in [-0.1, -0.05) is 146 Å². The minimum Gasteiger partial charge on any atom is -0.454 e. The summed E-state index contributed by atoms with van der Waals surface area (Å²) in [5.41, 5.74) is 10.6. The zero-order valence-corrected chi connectivity index (χ0v) is 27.1. The molecule has 1 aliphatic rings. The largest absolute Gasteiger partial charge is 0.454 e. The predicted molar refractivity (Wildman–Crippen MR) is 205 cm³/mol. The SMILES string of the molecule is c1ccc(-c2ccc(C3=NC(c4cccc5oc6c(-n7c8ccccc8c8ccccc87)cccc6c45)NC(c4ccccc4)N3)cc2)cc1. The second kappa shape index (κ2) is 11.6. The van der Waals surface area contributed by atoms with Gasteiger partial charge in [-0.25, -0.2) is 4.99 Å². The first-order chi connectivity index (χ1) is 24.8. The molecule has 0 saturated carbocycles. The number of furan rings is 1. The van der Waals surface area contributed by atoms with Crippen molar-refractivity contribution >= 4 is 49.6 Å². The maximum absolute atomic E-state index is 6.80. The molecule has 2 N–H and O–H groups in total. The molecule has 1 aliphatic heterocycles. The highest BCUT2D eigenvalue weighted by Crippen LogP contribution is 2.41. The molecule has 0 aliphatic carbocycles. The number of hydrogen-bond acceptors (Lipinski definition) is 4. The first-order valence-electron chi connectivity index (χ1n) is 17.0. The molecule has 0 spiro atoms. The summed E-state index contributed by atoms with van der Waals surface area (Å²) in [6.07, 6.45) is -0.476. The van der Waals surface area contributed by atoms with Crippen LogP contribution in [-0.4, -0.2) is 10.4 Å². The van der Waals surface area contributed by atoms with Crippen molar-refractivity contribution < 1.29 is 4.42 Å². The van der Waals surface area contributed by atoms with Crippen LogP contribution in [0.15, 0.2) is 179 Å². The monoisotopic (exact) mass is 644 g/mol. The Labute approximate surface area is 289 Å². The van der Waals surface area contributed by atoms with Gasteiger partial charge in [0.2, 0.25) is 0 Å². The van der Waals surface area contributed by atoms with Gasteiger partial charge in [-0.15, -0.1) is 0 Å². The Hall–Kier alpha value is -6.43. The second-order valence-electron chi connectivity index (χ2n) is 12.8. The molecular formula is C45H32N4O. The van der Waals surface area contributed by atoms with E-state index in [4.69, 9.17) is 9.41 Å². The van der Waals surface area contributed by atoms with Gasteiger partial charge in [0, 0.05) is 32.7 Å². The summed E-state index contributed by atoms with van der Waals surface area (Å²) in [5.74, 6) is 0.845. The molecule has 238 valence electrons. The van der Waals surface area contributed by atoms with E-state index >= 15 is 0 Å². The molecule has 9 aromatic rings. The quantitative estimate of drug-likeness (QED) is 0.196. The van der Waals surface area contributed by atoms with Gasteiger partial charge in [-0.2, -0.15) is 0 Å². The Morgan fingerprint density at radius 3 is 1.86 bits per heavy atom. The number of aromatic nitrogens is 1. The summed E-state index contributed by atoms with van der Waals surface area (Å²) in [4.78, 5) is 5.34. The van der Waals surface area contributed by atoms with Crippen LogP contribution in [0.2, 0.25) is 0 Å². The molecular weight excluding hydrogens is 613 g/mol. The van der Waals surface area contributed by atoms with Crippen molar-refractivity contribution in [1.82, 2.24) is 15.2 Å². The van der Waals surface area contributed by atoms with Crippen molar-refractivity contribution in [2.75, 3.05) is 0 Å². The Morgan fingerprint density at radius 2 is 1.12 bits per heavy atom. The van der Waals surface area contributed by atoms with Gasteiger partial charge in [-0.3, -0.25) is 5.32 Å². The lowest BCUT2D eigenvalue weighted by Crippen LogP contribution is -2.45. The van der Waals surface area contributed by atoms with Crippen molar-refractivity contribution in [1.29, 1.82) is 0 Å². The molecule has 0 bridgehead atoms. The fourth-order valence-electron chi connectivity index (χ4n) is 7.58. The minimum absolute atomic E-state index is 0.149. The van der Waals surface area contributed by atoms with E-state index in [-0.39, 0.29) is 12.3 Å².